The molecule has 0 amide bonds. The lowest BCUT2D eigenvalue weighted by Crippen LogP contribution is -2.64. The van der Waals surface area contributed by atoms with Crippen LogP contribution in [0.1, 0.15) is 60.5 Å². The molecule has 0 aromatic heterocycles. The zero-order chi connectivity index (χ0) is 35.9. The van der Waals surface area contributed by atoms with Gasteiger partial charge in [0, 0.05) is 43.9 Å². The number of hydrogen-bond acceptors (Lipinski definition) is 9. The number of aliphatic hydroxyl groups excluding tert-OH is 3. The van der Waals surface area contributed by atoms with Crippen LogP contribution in [-0.2, 0) is 29.4 Å². The van der Waals surface area contributed by atoms with Gasteiger partial charge in [-0.1, -0.05) is 60.7 Å². The Balaban J connectivity index is 1.39. The molecule has 4 aliphatic rings. The molecule has 2 bridgehead atoms. The molecule has 220 valence electrons. The van der Waals surface area contributed by atoms with Crippen LogP contribution >= 0.6 is 0 Å². The summed E-state index contributed by atoms with van der Waals surface area (Å²) in [5.74, 6) is -2.99. The van der Waals surface area contributed by atoms with Gasteiger partial charge in [0.15, 0.2) is 6.29 Å². The van der Waals surface area contributed by atoms with Crippen molar-refractivity contribution in [1.82, 2.24) is 0 Å². The second kappa shape index (κ2) is 11.1. The van der Waals surface area contributed by atoms with E-state index in [1.807, 2.05) is 0 Å². The van der Waals surface area contributed by atoms with E-state index in [0.717, 1.165) is 0 Å². The highest BCUT2D eigenvalue weighted by Gasteiger charge is 2.58. The van der Waals surface area contributed by atoms with Gasteiger partial charge in [0.1, 0.15) is 30.5 Å². The number of nitrogens with zero attached hydrogens (tertiary/aromatic N) is 1. The van der Waals surface area contributed by atoms with Crippen molar-refractivity contribution >= 4 is 11.9 Å². The first kappa shape index (κ1) is 20.1. The van der Waals surface area contributed by atoms with E-state index >= 15 is 0 Å². The molecule has 0 saturated carbocycles. The van der Waals surface area contributed by atoms with Crippen LogP contribution in [-0.4, -0.2) is 93.6 Å². The molecule has 2 unspecified atom stereocenters. The van der Waals surface area contributed by atoms with Gasteiger partial charge in [-0.25, -0.2) is 4.79 Å². The fourth-order valence-electron chi connectivity index (χ4n) is 6.57. The number of carbonyl (C=O) groups excluding carboxylic acids is 2. The van der Waals surface area contributed by atoms with E-state index in [2.05, 4.69) is 0 Å². The van der Waals surface area contributed by atoms with Gasteiger partial charge in [-0.15, -0.1) is 0 Å². The van der Waals surface area contributed by atoms with Crippen LogP contribution in [0, 0.1) is 0 Å². The molecule has 6 rings (SSSR count). The summed E-state index contributed by atoms with van der Waals surface area (Å²) in [5, 5.41) is 43.4. The van der Waals surface area contributed by atoms with E-state index in [-0.39, 0.29) is 36.8 Å². The largest absolute Gasteiger partial charge is 0.547 e. The van der Waals surface area contributed by atoms with Crippen molar-refractivity contribution in [1.29, 1.82) is 0 Å². The van der Waals surface area contributed by atoms with Crippen molar-refractivity contribution in [2.24, 2.45) is 0 Å². The maximum Gasteiger partial charge on any atom is 0.348 e. The molecule has 4 heterocycles. The SMILES string of the molecule is [2H]C1([2H])C([2H])([2H])C([2H])([2H])[N+]2([C@@H]3CC[C@H]2CC(OC(=O)C(OC2O[C@H](C(=O)[O-])[C@@H](O)[C@H](O)[C@H]2O)(c2ccccc2)c2ccccc2)C3)C1([2H])[2H]. The topological polar surface area (TPSA) is 146 Å². The average Bonchev–Trinajstić information content (AvgIpc) is 3.32. The number of esters is 1. The third kappa shape index (κ3) is 4.76. The van der Waals surface area contributed by atoms with Gasteiger partial charge in [-0.05, 0) is 11.1 Å². The van der Waals surface area contributed by atoms with Gasteiger partial charge in [0.25, 0.3) is 0 Å². The molecule has 2 aromatic carbocycles. The maximum absolute atomic E-state index is 14.7. The number of aliphatic hydroxyl groups is 3. The zero-order valence-electron chi connectivity index (χ0n) is 30.0. The Morgan fingerprint density at radius 3 is 1.93 bits per heavy atom. The number of ether oxygens (including phenoxy) is 3. The van der Waals surface area contributed by atoms with E-state index in [4.69, 9.17) is 25.2 Å². The number of benzene rings is 2. The Bertz CT molecular complexity index is 1500. The Labute approximate surface area is 249 Å². The molecule has 10 heteroatoms. The quantitative estimate of drug-likeness (QED) is 0.315. The lowest BCUT2D eigenvalue weighted by molar-refractivity contribution is -0.956. The first-order valence-corrected chi connectivity index (χ1v) is 13.6. The summed E-state index contributed by atoms with van der Waals surface area (Å²) < 4.78 is 85.6. The third-order valence-corrected chi connectivity index (χ3v) is 8.62. The van der Waals surface area contributed by atoms with Crippen molar-refractivity contribution in [3.8, 4) is 0 Å². The fraction of sp³-hybridized carbons (Fsp3) is 0.548. The molecule has 3 N–H and O–H groups in total. The van der Waals surface area contributed by atoms with Crippen molar-refractivity contribution < 1.29 is 59.7 Å². The van der Waals surface area contributed by atoms with Crippen LogP contribution < -0.4 is 5.11 Å². The second-order valence-corrected chi connectivity index (χ2v) is 10.9. The fourth-order valence-corrected chi connectivity index (χ4v) is 6.57. The number of carbonyl (C=O) groups is 2. The second-order valence-electron chi connectivity index (χ2n) is 10.9. The summed E-state index contributed by atoms with van der Waals surface area (Å²) in [6.45, 7) is -5.95. The van der Waals surface area contributed by atoms with Crippen molar-refractivity contribution in [3.63, 3.8) is 0 Å². The highest BCUT2D eigenvalue weighted by Crippen LogP contribution is 2.47. The monoisotopic (exact) mass is 575 g/mol. The summed E-state index contributed by atoms with van der Waals surface area (Å²) in [4.78, 5) is 26.5. The standard InChI is InChI=1S/C31H37NO9/c33-24-25(34)27(28(36)37)40-29(26(24)35)41-31(19-9-3-1-4-10-19,20-11-5-2-6-12-20)30(38)39-23-17-21-13-14-22(18-23)32(21)15-7-8-16-32/h1-6,9-12,21-27,29,33-35H,7-8,13-18H2/t21-,22+,23?,24-,25-,26+,27-,29?/m0/s1/i7D2,8D2,15D2,16D2. The van der Waals surface area contributed by atoms with Crippen molar-refractivity contribution in [2.75, 3.05) is 13.0 Å². The van der Waals surface area contributed by atoms with E-state index < -0.39 is 96.7 Å². The molecule has 10 nitrogen and oxygen atoms in total. The van der Waals surface area contributed by atoms with Crippen LogP contribution in [0.2, 0.25) is 0 Å². The van der Waals surface area contributed by atoms with Gasteiger partial charge < -0.3 is 43.9 Å². The summed E-state index contributed by atoms with van der Waals surface area (Å²) >= 11 is 0. The van der Waals surface area contributed by atoms with Gasteiger partial charge in [0.2, 0.25) is 5.60 Å². The minimum absolute atomic E-state index is 0.142. The predicted octanol–water partition coefficient (Wildman–Crippen LogP) is 0.352. The first-order valence-electron chi connectivity index (χ1n) is 17.6. The van der Waals surface area contributed by atoms with Crippen molar-refractivity contribution in [3.05, 3.63) is 71.8 Å². The van der Waals surface area contributed by atoms with Gasteiger partial charge in [-0.2, -0.15) is 0 Å². The first-order chi connectivity index (χ1) is 22.8. The number of quaternary nitrogens is 1. The number of hydrogen-bond donors (Lipinski definition) is 3. The van der Waals surface area contributed by atoms with Gasteiger partial charge >= 0.3 is 5.97 Å². The summed E-state index contributed by atoms with van der Waals surface area (Å²) in [5.41, 5.74) is -2.02. The normalized spacial score (nSPS) is 42.2. The molecule has 4 aliphatic heterocycles. The van der Waals surface area contributed by atoms with Crippen LogP contribution in [0.4, 0.5) is 0 Å². The number of carboxylic acid groups (broad SMARTS) is 1. The Kier molecular flexibility index (Phi) is 5.44. The summed E-state index contributed by atoms with van der Waals surface area (Å²) in [6, 6.07) is 13.7. The Hall–Kier alpha value is -2.86. The molecule has 1 spiro atoms. The number of rotatable bonds is 7. The molecule has 0 aliphatic carbocycles. The summed E-state index contributed by atoms with van der Waals surface area (Å²) in [6.07, 6.45) is -17.6. The molecule has 4 fully saturated rings. The summed E-state index contributed by atoms with van der Waals surface area (Å²) in [7, 11) is 0. The number of aliphatic carboxylic acids is 1. The van der Waals surface area contributed by atoms with Gasteiger partial charge in [0.05, 0.1) is 36.5 Å². The third-order valence-electron chi connectivity index (χ3n) is 8.62. The highest BCUT2D eigenvalue weighted by atomic mass is 16.7. The minimum Gasteiger partial charge on any atom is -0.547 e. The molecular formula is C31H37NO9. The Morgan fingerprint density at radius 1 is 0.878 bits per heavy atom. The highest BCUT2D eigenvalue weighted by molar-refractivity contribution is 5.86. The number of carboxylic acids is 1. The minimum atomic E-state index is -3.19. The van der Waals surface area contributed by atoms with E-state index in [0.29, 0.717) is 0 Å². The van der Waals surface area contributed by atoms with E-state index in [9.17, 15) is 30.0 Å². The van der Waals surface area contributed by atoms with Gasteiger partial charge in [-0.3, -0.25) is 0 Å². The number of piperidine rings is 1. The van der Waals surface area contributed by atoms with Crippen molar-refractivity contribution in [2.45, 2.75) is 92.9 Å². The van der Waals surface area contributed by atoms with Crippen LogP contribution in [0.25, 0.3) is 0 Å². The molecule has 41 heavy (non-hydrogen) atoms. The van der Waals surface area contributed by atoms with Crippen LogP contribution in [0.3, 0.4) is 0 Å². The Morgan fingerprint density at radius 2 is 1.41 bits per heavy atom. The average molecular weight is 576 g/mol. The molecule has 8 atom stereocenters. The molecule has 2 aromatic rings. The maximum atomic E-state index is 14.7. The smallest absolute Gasteiger partial charge is 0.348 e. The molecule has 0 radical (unpaired) electrons. The van der Waals surface area contributed by atoms with E-state index in [1.165, 1.54) is 24.3 Å². The molecule has 4 saturated heterocycles. The lowest BCUT2D eigenvalue weighted by Gasteiger charge is -2.47. The van der Waals surface area contributed by atoms with Crippen LogP contribution in [0.5, 0.6) is 0 Å². The van der Waals surface area contributed by atoms with E-state index in [1.54, 1.807) is 36.4 Å². The van der Waals surface area contributed by atoms with Crippen LogP contribution in [0.15, 0.2) is 60.7 Å². The lowest BCUT2D eigenvalue weighted by atomic mass is 9.85. The molecular weight excluding hydrogens is 530 g/mol. The predicted molar refractivity (Wildman–Crippen MR) is 142 cm³/mol. The zero-order valence-corrected chi connectivity index (χ0v) is 22.0.